The maximum Gasteiger partial charge on any atom is 0.239 e. The Labute approximate surface area is 95.1 Å². The average Bonchev–Trinajstić information content (AvgIpc) is 2.28. The molecule has 1 heterocycles. The molecule has 1 aromatic rings. The largest absolute Gasteiger partial charge is 0.389 e. The molecule has 0 saturated carbocycles. The number of nitrogens with one attached hydrogen (secondary N) is 1. The molecule has 1 amide bonds. The number of anilines is 1. The molecule has 0 unspecified atom stereocenters. The van der Waals surface area contributed by atoms with Crippen LogP contribution in [0, 0.1) is 0 Å². The Kier molecular flexibility index (Phi) is 4.25. The summed E-state index contributed by atoms with van der Waals surface area (Å²) in [5.41, 5.74) is 0.717. The molecule has 0 aliphatic carbocycles. The molecule has 5 heteroatoms. The summed E-state index contributed by atoms with van der Waals surface area (Å²) in [4.78, 5) is 17.1. The second-order valence-electron chi connectivity index (χ2n) is 3.62. The zero-order valence-corrected chi connectivity index (χ0v) is 9.77. The van der Waals surface area contributed by atoms with Gasteiger partial charge in [-0.1, -0.05) is 6.07 Å². The number of nitrogens with zero attached hydrogens (tertiary/aromatic N) is 2. The van der Waals surface area contributed by atoms with Gasteiger partial charge >= 0.3 is 0 Å². The normalized spacial score (nSPS) is 12.0. The summed E-state index contributed by atoms with van der Waals surface area (Å²) in [5.74, 6) is 0.533. The van der Waals surface area contributed by atoms with Crippen molar-refractivity contribution in [3.63, 3.8) is 0 Å². The molecule has 0 fully saturated rings. The molecule has 0 spiro atoms. The number of hydrogen-bond donors (Lipinski definition) is 2. The molecule has 5 nitrogen and oxygen atoms in total. The van der Waals surface area contributed by atoms with Crippen molar-refractivity contribution in [3.05, 3.63) is 23.9 Å². The molecule has 1 aromatic heterocycles. The molecule has 88 valence electrons. The van der Waals surface area contributed by atoms with E-state index in [0.29, 0.717) is 11.4 Å². The summed E-state index contributed by atoms with van der Waals surface area (Å²) in [6, 6.07) is 3.56. The van der Waals surface area contributed by atoms with Gasteiger partial charge in [-0.25, -0.2) is 4.98 Å². The number of hydrogen-bond acceptors (Lipinski definition) is 4. The van der Waals surface area contributed by atoms with Gasteiger partial charge in [-0.15, -0.1) is 0 Å². The van der Waals surface area contributed by atoms with Gasteiger partial charge in [0.15, 0.2) is 0 Å². The summed E-state index contributed by atoms with van der Waals surface area (Å²) in [7, 11) is 3.35. The number of carbonyl (C=O) groups is 1. The Hall–Kier alpha value is -1.62. The Morgan fingerprint density at radius 3 is 2.94 bits per heavy atom. The molecular formula is C11H17N3O2. The Morgan fingerprint density at radius 1 is 1.69 bits per heavy atom. The van der Waals surface area contributed by atoms with Crippen LogP contribution >= 0.6 is 0 Å². The van der Waals surface area contributed by atoms with E-state index in [2.05, 4.69) is 10.3 Å². The Morgan fingerprint density at radius 2 is 2.38 bits per heavy atom. The van der Waals surface area contributed by atoms with Crippen LogP contribution in [0.4, 0.5) is 5.82 Å². The molecular weight excluding hydrogens is 206 g/mol. The molecule has 0 bridgehead atoms. The van der Waals surface area contributed by atoms with Gasteiger partial charge in [0, 0.05) is 25.9 Å². The number of pyridine rings is 1. The molecule has 0 aliphatic rings. The number of carbonyl (C=O) groups excluding carboxylic acids is 1. The van der Waals surface area contributed by atoms with Gasteiger partial charge in [-0.2, -0.15) is 0 Å². The van der Waals surface area contributed by atoms with Gasteiger partial charge < -0.3 is 15.3 Å². The predicted octanol–water partition coefficient (Wildman–Crippen LogP) is 0.317. The predicted molar refractivity (Wildman–Crippen MR) is 62.2 cm³/mol. The van der Waals surface area contributed by atoms with E-state index >= 15 is 0 Å². The van der Waals surface area contributed by atoms with Crippen LogP contribution in [-0.2, 0) is 4.79 Å². The molecule has 16 heavy (non-hydrogen) atoms. The van der Waals surface area contributed by atoms with E-state index in [9.17, 15) is 9.90 Å². The van der Waals surface area contributed by atoms with Crippen molar-refractivity contribution in [1.29, 1.82) is 0 Å². The van der Waals surface area contributed by atoms with Crippen LogP contribution in [0.1, 0.15) is 18.6 Å². The first-order valence-electron chi connectivity index (χ1n) is 5.11. The van der Waals surface area contributed by atoms with Crippen LogP contribution < -0.4 is 10.2 Å². The highest BCUT2D eigenvalue weighted by atomic mass is 16.3. The summed E-state index contributed by atoms with van der Waals surface area (Å²) in [5, 5.41) is 12.1. The SMILES string of the molecule is CNC(=O)CN(C)c1ncccc1[C@@H](C)O. The van der Waals surface area contributed by atoms with Gasteiger partial charge in [0.25, 0.3) is 0 Å². The van der Waals surface area contributed by atoms with E-state index in [1.54, 1.807) is 44.2 Å². The highest BCUT2D eigenvalue weighted by Gasteiger charge is 2.14. The minimum Gasteiger partial charge on any atom is -0.389 e. The molecule has 0 aliphatic heterocycles. The summed E-state index contributed by atoms with van der Waals surface area (Å²) >= 11 is 0. The number of amides is 1. The second kappa shape index (κ2) is 5.46. The van der Waals surface area contributed by atoms with Crippen molar-refractivity contribution < 1.29 is 9.90 Å². The number of aromatic nitrogens is 1. The van der Waals surface area contributed by atoms with E-state index in [1.807, 2.05) is 0 Å². The summed E-state index contributed by atoms with van der Waals surface area (Å²) in [6.07, 6.45) is 1.04. The average molecular weight is 223 g/mol. The molecule has 1 rings (SSSR count). The molecule has 0 saturated heterocycles. The maximum atomic E-state index is 11.2. The third-order valence-electron chi connectivity index (χ3n) is 2.29. The topological polar surface area (TPSA) is 65.5 Å². The van der Waals surface area contributed by atoms with Crippen molar-refractivity contribution >= 4 is 11.7 Å². The van der Waals surface area contributed by atoms with Crippen LogP contribution in [0.25, 0.3) is 0 Å². The van der Waals surface area contributed by atoms with Crippen molar-refractivity contribution in [2.45, 2.75) is 13.0 Å². The van der Waals surface area contributed by atoms with Crippen LogP contribution in [0.3, 0.4) is 0 Å². The van der Waals surface area contributed by atoms with E-state index in [-0.39, 0.29) is 12.5 Å². The lowest BCUT2D eigenvalue weighted by molar-refractivity contribution is -0.119. The first-order chi connectivity index (χ1) is 7.56. The van der Waals surface area contributed by atoms with Gasteiger partial charge in [-0.3, -0.25) is 4.79 Å². The van der Waals surface area contributed by atoms with Crippen molar-refractivity contribution in [2.24, 2.45) is 0 Å². The summed E-state index contributed by atoms with van der Waals surface area (Å²) in [6.45, 7) is 1.89. The maximum absolute atomic E-state index is 11.2. The first-order valence-corrected chi connectivity index (χ1v) is 5.11. The number of aliphatic hydroxyl groups is 1. The highest BCUT2D eigenvalue weighted by molar-refractivity contribution is 5.80. The van der Waals surface area contributed by atoms with Gasteiger partial charge in [0.2, 0.25) is 5.91 Å². The van der Waals surface area contributed by atoms with E-state index in [0.717, 1.165) is 0 Å². The lowest BCUT2D eigenvalue weighted by Crippen LogP contribution is -2.34. The smallest absolute Gasteiger partial charge is 0.239 e. The van der Waals surface area contributed by atoms with E-state index in [1.165, 1.54) is 0 Å². The van der Waals surface area contributed by atoms with Gasteiger partial charge in [0.05, 0.1) is 12.6 Å². The zero-order chi connectivity index (χ0) is 12.1. The first kappa shape index (κ1) is 12.4. The van der Waals surface area contributed by atoms with E-state index < -0.39 is 6.10 Å². The quantitative estimate of drug-likeness (QED) is 0.771. The lowest BCUT2D eigenvalue weighted by Gasteiger charge is -2.21. The Bertz CT molecular complexity index is 366. The molecule has 2 N–H and O–H groups in total. The number of rotatable bonds is 4. The van der Waals surface area contributed by atoms with E-state index in [4.69, 9.17) is 0 Å². The van der Waals surface area contributed by atoms with Crippen molar-refractivity contribution in [3.8, 4) is 0 Å². The van der Waals surface area contributed by atoms with Gasteiger partial charge in [-0.05, 0) is 13.0 Å². The van der Waals surface area contributed by atoms with Crippen molar-refractivity contribution in [2.75, 3.05) is 25.5 Å². The zero-order valence-electron chi connectivity index (χ0n) is 9.77. The second-order valence-corrected chi connectivity index (χ2v) is 3.62. The fraction of sp³-hybridized carbons (Fsp3) is 0.455. The van der Waals surface area contributed by atoms with Crippen LogP contribution in [-0.4, -0.2) is 36.6 Å². The van der Waals surface area contributed by atoms with Gasteiger partial charge in [0.1, 0.15) is 5.82 Å². The minimum atomic E-state index is -0.601. The molecule has 1 atom stereocenters. The summed E-state index contributed by atoms with van der Waals surface area (Å²) < 4.78 is 0. The number of aliphatic hydroxyl groups excluding tert-OH is 1. The fourth-order valence-corrected chi connectivity index (χ4v) is 1.42. The monoisotopic (exact) mass is 223 g/mol. The standard InChI is InChI=1S/C11H17N3O2/c1-8(15)9-5-4-6-13-11(9)14(3)7-10(16)12-2/h4-6,8,15H,7H2,1-3H3,(H,12,16)/t8-/m1/s1. The lowest BCUT2D eigenvalue weighted by atomic mass is 10.1. The molecule has 0 aromatic carbocycles. The fourth-order valence-electron chi connectivity index (χ4n) is 1.42. The minimum absolute atomic E-state index is 0.0929. The number of likely N-dealkylation sites (N-methyl/N-ethyl adjacent to an activating group) is 2. The van der Waals surface area contributed by atoms with Crippen LogP contribution in [0.5, 0.6) is 0 Å². The third-order valence-corrected chi connectivity index (χ3v) is 2.29. The highest BCUT2D eigenvalue weighted by Crippen LogP contribution is 2.22. The molecule has 0 radical (unpaired) electrons. The van der Waals surface area contributed by atoms with Crippen LogP contribution in [0.15, 0.2) is 18.3 Å². The van der Waals surface area contributed by atoms with Crippen molar-refractivity contribution in [1.82, 2.24) is 10.3 Å². The van der Waals surface area contributed by atoms with Crippen LogP contribution in [0.2, 0.25) is 0 Å². The Balaban J connectivity index is 2.90. The third kappa shape index (κ3) is 2.93.